The van der Waals surface area contributed by atoms with Crippen molar-refractivity contribution >= 4 is 5.57 Å². The summed E-state index contributed by atoms with van der Waals surface area (Å²) in [5.41, 5.74) is 7.73. The van der Waals surface area contributed by atoms with Crippen molar-refractivity contribution in [3.63, 3.8) is 0 Å². The molecule has 3 rings (SSSR count). The van der Waals surface area contributed by atoms with Crippen LogP contribution in [0.15, 0.2) is 73.3 Å². The van der Waals surface area contributed by atoms with Crippen molar-refractivity contribution in [2.24, 2.45) is 5.92 Å². The Morgan fingerprint density at radius 3 is 2.44 bits per heavy atom. The van der Waals surface area contributed by atoms with Crippen molar-refractivity contribution in [3.8, 4) is 0 Å². The molecular formula is C26H33N. The van der Waals surface area contributed by atoms with Gasteiger partial charge in [0, 0.05) is 23.9 Å². The Balaban J connectivity index is 1.74. The van der Waals surface area contributed by atoms with Crippen LogP contribution in [0.3, 0.4) is 0 Å². The molecule has 2 heterocycles. The Hall–Kier alpha value is -2.28. The molecule has 2 atom stereocenters. The van der Waals surface area contributed by atoms with Crippen LogP contribution < -0.4 is 0 Å². The quantitative estimate of drug-likeness (QED) is 0.412. The molecule has 1 aromatic heterocycles. The number of nitrogens with zero attached hydrogens (tertiary/aromatic N) is 1. The number of hydrogen-bond acceptors (Lipinski definition) is 0. The second kappa shape index (κ2) is 8.61. The molecule has 27 heavy (non-hydrogen) atoms. The first-order chi connectivity index (χ1) is 13.0. The summed E-state index contributed by atoms with van der Waals surface area (Å²) in [6.45, 7) is 18.6. The lowest BCUT2D eigenvalue weighted by Gasteiger charge is -2.21. The lowest BCUT2D eigenvalue weighted by Crippen LogP contribution is -2.06. The van der Waals surface area contributed by atoms with Crippen molar-refractivity contribution in [2.45, 2.75) is 58.4 Å². The molecule has 0 spiro atoms. The Bertz CT molecular complexity index is 821. The molecule has 0 aliphatic carbocycles. The van der Waals surface area contributed by atoms with Gasteiger partial charge in [-0.15, -0.1) is 0 Å². The average Bonchev–Trinajstić information content (AvgIpc) is 3.29. The standard InChI is InChI=1S/C26H33N/c1-6-19(3)17-22(7-2)18-20(4)24-15-16-27-25(13-14-26(24)27)21(5)23-11-9-8-10-12-23/h8-14,22,24H,3-7,15-18H2,1-2H3. The van der Waals surface area contributed by atoms with Crippen LogP contribution in [0.4, 0.5) is 0 Å². The molecule has 2 aromatic rings. The van der Waals surface area contributed by atoms with Gasteiger partial charge in [-0.2, -0.15) is 0 Å². The summed E-state index contributed by atoms with van der Waals surface area (Å²) in [6, 6.07) is 15.0. The van der Waals surface area contributed by atoms with E-state index in [0.717, 1.165) is 37.8 Å². The molecule has 1 aromatic carbocycles. The maximum atomic E-state index is 4.50. The van der Waals surface area contributed by atoms with Gasteiger partial charge in [0.05, 0.1) is 0 Å². The van der Waals surface area contributed by atoms with Crippen LogP contribution in [0, 0.1) is 5.92 Å². The second-order valence-electron chi connectivity index (χ2n) is 7.93. The van der Waals surface area contributed by atoms with Crippen molar-refractivity contribution in [2.75, 3.05) is 0 Å². The molecule has 0 radical (unpaired) electrons. The van der Waals surface area contributed by atoms with Crippen LogP contribution in [0.25, 0.3) is 5.57 Å². The largest absolute Gasteiger partial charge is 0.344 e. The van der Waals surface area contributed by atoms with Crippen molar-refractivity contribution < 1.29 is 0 Å². The summed E-state index contributed by atoms with van der Waals surface area (Å²) in [6.07, 6.45) is 5.69. The Kier molecular flexibility index (Phi) is 6.21. The van der Waals surface area contributed by atoms with E-state index in [0.29, 0.717) is 11.8 Å². The third kappa shape index (κ3) is 4.18. The van der Waals surface area contributed by atoms with Crippen molar-refractivity contribution in [1.29, 1.82) is 0 Å². The van der Waals surface area contributed by atoms with E-state index in [2.05, 4.69) is 80.6 Å². The van der Waals surface area contributed by atoms with Gasteiger partial charge in [-0.25, -0.2) is 0 Å². The zero-order chi connectivity index (χ0) is 19.4. The number of allylic oxidation sites excluding steroid dienone is 2. The van der Waals surface area contributed by atoms with Crippen LogP contribution in [0.2, 0.25) is 0 Å². The highest BCUT2D eigenvalue weighted by Gasteiger charge is 2.28. The van der Waals surface area contributed by atoms with Gasteiger partial charge in [0.2, 0.25) is 0 Å². The molecule has 1 heteroatoms. The van der Waals surface area contributed by atoms with Crippen LogP contribution in [-0.2, 0) is 6.54 Å². The van der Waals surface area contributed by atoms with Crippen LogP contribution in [-0.4, -0.2) is 4.57 Å². The molecule has 0 N–H and O–H groups in total. The zero-order valence-electron chi connectivity index (χ0n) is 17.0. The summed E-state index contributed by atoms with van der Waals surface area (Å²) in [7, 11) is 0. The van der Waals surface area contributed by atoms with E-state index in [-0.39, 0.29) is 0 Å². The molecule has 0 amide bonds. The van der Waals surface area contributed by atoms with E-state index >= 15 is 0 Å². The van der Waals surface area contributed by atoms with Gasteiger partial charge in [-0.05, 0) is 54.9 Å². The number of fused-ring (bicyclic) bond motifs is 1. The van der Waals surface area contributed by atoms with Crippen LogP contribution in [0.5, 0.6) is 0 Å². The monoisotopic (exact) mass is 359 g/mol. The van der Waals surface area contributed by atoms with Crippen LogP contribution >= 0.6 is 0 Å². The highest BCUT2D eigenvalue weighted by Crippen LogP contribution is 2.40. The lowest BCUT2D eigenvalue weighted by molar-refractivity contribution is 0.481. The molecule has 1 aliphatic heterocycles. The summed E-state index contributed by atoms with van der Waals surface area (Å²) in [5.74, 6) is 1.15. The number of benzene rings is 1. The summed E-state index contributed by atoms with van der Waals surface area (Å²) >= 11 is 0. The molecule has 1 nitrogen and oxygen atoms in total. The zero-order valence-corrected chi connectivity index (χ0v) is 17.0. The molecule has 0 bridgehead atoms. The minimum absolute atomic E-state index is 0.478. The fourth-order valence-electron chi connectivity index (χ4n) is 4.33. The normalized spacial score (nSPS) is 16.7. The Morgan fingerprint density at radius 1 is 1.04 bits per heavy atom. The van der Waals surface area contributed by atoms with Gasteiger partial charge in [0.1, 0.15) is 0 Å². The topological polar surface area (TPSA) is 4.93 Å². The van der Waals surface area contributed by atoms with Gasteiger partial charge in [0.25, 0.3) is 0 Å². The minimum atomic E-state index is 0.478. The predicted molar refractivity (Wildman–Crippen MR) is 118 cm³/mol. The molecule has 2 unspecified atom stereocenters. The second-order valence-corrected chi connectivity index (χ2v) is 7.93. The Morgan fingerprint density at radius 2 is 1.78 bits per heavy atom. The van der Waals surface area contributed by atoms with Crippen LogP contribution in [0.1, 0.15) is 68.8 Å². The summed E-state index contributed by atoms with van der Waals surface area (Å²) in [5, 5.41) is 0. The molecule has 0 saturated carbocycles. The molecular weight excluding hydrogens is 326 g/mol. The number of rotatable bonds is 9. The van der Waals surface area contributed by atoms with Crippen molar-refractivity contribution in [3.05, 3.63) is 90.3 Å². The van der Waals surface area contributed by atoms with Gasteiger partial charge in [0.15, 0.2) is 0 Å². The van der Waals surface area contributed by atoms with Gasteiger partial charge in [-0.3, -0.25) is 0 Å². The first-order valence-electron chi connectivity index (χ1n) is 10.3. The lowest BCUT2D eigenvalue weighted by atomic mass is 9.84. The van der Waals surface area contributed by atoms with Gasteiger partial charge < -0.3 is 4.57 Å². The smallest absolute Gasteiger partial charge is 0.0482 e. The minimum Gasteiger partial charge on any atom is -0.344 e. The van der Waals surface area contributed by atoms with E-state index in [1.807, 2.05) is 0 Å². The van der Waals surface area contributed by atoms with E-state index < -0.39 is 0 Å². The first kappa shape index (κ1) is 19.5. The van der Waals surface area contributed by atoms with E-state index in [4.69, 9.17) is 0 Å². The number of hydrogen-bond donors (Lipinski definition) is 0. The van der Waals surface area contributed by atoms with E-state index in [1.165, 1.54) is 34.5 Å². The third-order valence-corrected chi connectivity index (χ3v) is 6.14. The third-order valence-electron chi connectivity index (χ3n) is 6.14. The highest BCUT2D eigenvalue weighted by atomic mass is 15.0. The molecule has 0 saturated heterocycles. The summed E-state index contributed by atoms with van der Waals surface area (Å²) < 4.78 is 2.46. The molecule has 0 fully saturated rings. The number of aromatic nitrogens is 1. The average molecular weight is 360 g/mol. The fourth-order valence-corrected chi connectivity index (χ4v) is 4.33. The van der Waals surface area contributed by atoms with Gasteiger partial charge in [-0.1, -0.05) is 81.5 Å². The van der Waals surface area contributed by atoms with Gasteiger partial charge >= 0.3 is 0 Å². The highest BCUT2D eigenvalue weighted by molar-refractivity contribution is 5.77. The first-order valence-corrected chi connectivity index (χ1v) is 10.3. The molecule has 142 valence electrons. The maximum Gasteiger partial charge on any atom is 0.0482 e. The van der Waals surface area contributed by atoms with E-state index in [9.17, 15) is 0 Å². The van der Waals surface area contributed by atoms with Crippen molar-refractivity contribution in [1.82, 2.24) is 4.57 Å². The predicted octanol–water partition coefficient (Wildman–Crippen LogP) is 7.37. The molecule has 1 aliphatic rings. The maximum absolute atomic E-state index is 4.50. The summed E-state index contributed by atoms with van der Waals surface area (Å²) in [4.78, 5) is 0. The fraction of sp³-hybridized carbons (Fsp3) is 0.385. The Labute approximate surface area is 165 Å². The van der Waals surface area contributed by atoms with E-state index in [1.54, 1.807) is 0 Å². The SMILES string of the molecule is C=C(CC)CC(CC)CC(=C)C1CCn2c(C(=C)c3ccccc3)ccc21.